The monoisotopic (exact) mass is 210 g/mol. The Labute approximate surface area is 69.9 Å². The zero-order chi connectivity index (χ0) is 8.31. The van der Waals surface area contributed by atoms with Crippen molar-refractivity contribution in [3.8, 4) is 0 Å². The first kappa shape index (κ1) is 10.1. The van der Waals surface area contributed by atoms with Crippen molar-refractivity contribution >= 4 is 34.8 Å². The number of hydrogen-bond acceptors (Lipinski definition) is 0. The molecule has 0 fully saturated rings. The van der Waals surface area contributed by atoms with Gasteiger partial charge < -0.3 is 0 Å². The largest absolute Gasteiger partial charge is 0.307 e. The highest BCUT2D eigenvalue weighted by molar-refractivity contribution is 6.59. The normalized spacial score (nSPS) is 9.00. The van der Waals surface area contributed by atoms with Crippen molar-refractivity contribution in [3.63, 3.8) is 0 Å². The van der Waals surface area contributed by atoms with Crippen LogP contribution in [0.5, 0.6) is 0 Å². The van der Waals surface area contributed by atoms with Gasteiger partial charge in [0.15, 0.2) is 0 Å². The summed E-state index contributed by atoms with van der Waals surface area (Å²) in [6.07, 6.45) is -2.55. The molecule has 6 heteroatoms. The molecule has 0 amide bonds. The minimum absolute atomic E-state index is 0.730. The number of hydrogen-bond donors (Lipinski definition) is 0. The van der Waals surface area contributed by atoms with Gasteiger partial charge in [0.05, 0.1) is 0 Å². The summed E-state index contributed by atoms with van der Waals surface area (Å²) in [4.78, 5) is 0. The molecule has 58 valence electrons. The second kappa shape index (κ2) is 4.11. The molecular formula is C4Cl3F3. The molecular weight excluding hydrogens is 211 g/mol. The third-order valence-corrected chi connectivity index (χ3v) is 1.45. The van der Waals surface area contributed by atoms with Crippen LogP contribution in [0.2, 0.25) is 0 Å². The van der Waals surface area contributed by atoms with E-state index in [-0.39, 0.29) is 0 Å². The Balaban J connectivity index is 4.71. The van der Waals surface area contributed by atoms with Gasteiger partial charge in [-0.2, -0.15) is 13.2 Å². The maximum atomic E-state index is 11.9. The highest BCUT2D eigenvalue weighted by Crippen LogP contribution is 2.28. The lowest BCUT2D eigenvalue weighted by molar-refractivity contribution is 0.386. The Morgan fingerprint density at radius 3 is 1.40 bits per heavy atom. The zero-order valence-corrected chi connectivity index (χ0v) is 6.54. The van der Waals surface area contributed by atoms with Crippen LogP contribution in [0, 0.1) is 0 Å². The first-order valence-electron chi connectivity index (χ1n) is 1.88. The van der Waals surface area contributed by atoms with Gasteiger partial charge >= 0.3 is 6.08 Å². The molecule has 10 heavy (non-hydrogen) atoms. The molecule has 0 rings (SSSR count). The molecule has 0 N–H and O–H groups in total. The Bertz CT molecular complexity index is 166. The summed E-state index contributed by atoms with van der Waals surface area (Å²) in [5.74, 6) is -1.90. The summed E-state index contributed by atoms with van der Waals surface area (Å²) in [5, 5.41) is -0.983. The Hall–Kier alpha value is 0.140. The van der Waals surface area contributed by atoms with E-state index in [9.17, 15) is 13.2 Å². The molecule has 0 unspecified atom stereocenters. The summed E-state index contributed by atoms with van der Waals surface area (Å²) < 4.78 is 33.8. The first-order chi connectivity index (χ1) is 4.46. The van der Waals surface area contributed by atoms with Crippen molar-refractivity contribution in [1.29, 1.82) is 0 Å². The summed E-state index contributed by atoms with van der Waals surface area (Å²) in [7, 11) is 0. The molecule has 0 aromatic rings. The smallest absolute Gasteiger partial charge is 0.199 e. The van der Waals surface area contributed by atoms with Crippen LogP contribution < -0.4 is 0 Å². The summed E-state index contributed by atoms with van der Waals surface area (Å²) in [6.45, 7) is 0. The third kappa shape index (κ3) is 2.82. The lowest BCUT2D eigenvalue weighted by Crippen LogP contribution is -1.76. The van der Waals surface area contributed by atoms with E-state index in [0.29, 0.717) is 0 Å². The molecule has 0 aromatic heterocycles. The predicted molar refractivity (Wildman–Crippen MR) is 34.9 cm³/mol. The second-order valence-corrected chi connectivity index (χ2v) is 2.48. The van der Waals surface area contributed by atoms with Gasteiger partial charge in [-0.15, -0.1) is 0 Å². The van der Waals surface area contributed by atoms with Crippen LogP contribution in [0.1, 0.15) is 0 Å². The van der Waals surface area contributed by atoms with Gasteiger partial charge in [-0.05, 0) is 0 Å². The van der Waals surface area contributed by atoms with Crippen LogP contribution in [0.4, 0.5) is 13.2 Å². The van der Waals surface area contributed by atoms with Crippen LogP contribution in [-0.4, -0.2) is 0 Å². The van der Waals surface area contributed by atoms with Crippen LogP contribution in [0.15, 0.2) is 21.4 Å². The lowest BCUT2D eigenvalue weighted by atomic mass is 10.5. The van der Waals surface area contributed by atoms with Crippen molar-refractivity contribution in [2.24, 2.45) is 0 Å². The molecule has 0 atom stereocenters. The Morgan fingerprint density at radius 1 is 0.900 bits per heavy atom. The second-order valence-electron chi connectivity index (χ2n) is 1.15. The van der Waals surface area contributed by atoms with E-state index in [0.717, 1.165) is 0 Å². The van der Waals surface area contributed by atoms with Crippen molar-refractivity contribution in [3.05, 3.63) is 21.4 Å². The predicted octanol–water partition coefficient (Wildman–Crippen LogP) is 3.95. The van der Waals surface area contributed by atoms with Gasteiger partial charge in [-0.3, -0.25) is 0 Å². The maximum Gasteiger partial charge on any atom is 0.307 e. The quantitative estimate of drug-likeness (QED) is 0.576. The molecule has 0 saturated carbocycles. The van der Waals surface area contributed by atoms with E-state index in [1.165, 1.54) is 0 Å². The molecule has 0 bridgehead atoms. The SMILES string of the molecule is FC(F)=C(F)C(Cl)=C(Cl)Cl. The fourth-order valence-electron chi connectivity index (χ4n) is 0.166. The highest BCUT2D eigenvalue weighted by atomic mass is 35.5. The van der Waals surface area contributed by atoms with Crippen LogP contribution in [0.25, 0.3) is 0 Å². The van der Waals surface area contributed by atoms with E-state index < -0.39 is 21.4 Å². The fourth-order valence-corrected chi connectivity index (χ4v) is 0.403. The fraction of sp³-hybridized carbons (Fsp3) is 0. The summed E-state index contributed by atoms with van der Waals surface area (Å²) in [5.41, 5.74) is 0. The van der Waals surface area contributed by atoms with Gasteiger partial charge in [-0.25, -0.2) is 0 Å². The van der Waals surface area contributed by atoms with Crippen molar-refractivity contribution in [1.82, 2.24) is 0 Å². The first-order valence-corrected chi connectivity index (χ1v) is 3.02. The molecule has 0 aliphatic carbocycles. The standard InChI is InChI=1S/C4Cl3F3/c5-1(3(6)7)2(8)4(9)10. The van der Waals surface area contributed by atoms with Crippen LogP contribution in [-0.2, 0) is 0 Å². The van der Waals surface area contributed by atoms with Crippen molar-refractivity contribution in [2.45, 2.75) is 0 Å². The molecule has 0 nitrogen and oxygen atoms in total. The number of rotatable bonds is 1. The maximum absolute atomic E-state index is 11.9. The average molecular weight is 211 g/mol. The van der Waals surface area contributed by atoms with E-state index in [1.54, 1.807) is 0 Å². The van der Waals surface area contributed by atoms with Crippen molar-refractivity contribution in [2.75, 3.05) is 0 Å². The van der Waals surface area contributed by atoms with E-state index in [1.807, 2.05) is 0 Å². The molecule has 0 spiro atoms. The zero-order valence-electron chi connectivity index (χ0n) is 4.27. The Kier molecular flexibility index (Phi) is 4.17. The molecule has 0 radical (unpaired) electrons. The van der Waals surface area contributed by atoms with E-state index >= 15 is 0 Å². The van der Waals surface area contributed by atoms with Crippen LogP contribution >= 0.6 is 34.8 Å². The number of halogens is 6. The minimum atomic E-state index is -2.55. The lowest BCUT2D eigenvalue weighted by Gasteiger charge is -1.91. The summed E-state index contributed by atoms with van der Waals surface area (Å²) >= 11 is 14.6. The van der Waals surface area contributed by atoms with Gasteiger partial charge in [0.25, 0.3) is 0 Å². The molecule has 0 heterocycles. The average Bonchev–Trinajstić information content (AvgIpc) is 1.84. The van der Waals surface area contributed by atoms with Gasteiger partial charge in [0.2, 0.25) is 5.83 Å². The summed E-state index contributed by atoms with van der Waals surface area (Å²) in [6, 6.07) is 0. The molecule has 0 aliphatic heterocycles. The van der Waals surface area contributed by atoms with E-state index in [2.05, 4.69) is 0 Å². The third-order valence-electron chi connectivity index (χ3n) is 0.525. The topological polar surface area (TPSA) is 0 Å². The van der Waals surface area contributed by atoms with Gasteiger partial charge in [0, 0.05) is 0 Å². The van der Waals surface area contributed by atoms with E-state index in [4.69, 9.17) is 34.8 Å². The van der Waals surface area contributed by atoms with Gasteiger partial charge in [0.1, 0.15) is 9.52 Å². The minimum Gasteiger partial charge on any atom is -0.199 e. The Morgan fingerprint density at radius 2 is 1.30 bits per heavy atom. The molecule has 0 aromatic carbocycles. The highest BCUT2D eigenvalue weighted by Gasteiger charge is 2.12. The van der Waals surface area contributed by atoms with Crippen molar-refractivity contribution < 1.29 is 13.2 Å². The number of allylic oxidation sites excluding steroid dienone is 2. The van der Waals surface area contributed by atoms with Crippen LogP contribution in [0.3, 0.4) is 0 Å². The van der Waals surface area contributed by atoms with Gasteiger partial charge in [-0.1, -0.05) is 34.8 Å². The molecule has 0 saturated heterocycles. The molecule has 0 aliphatic rings.